The number of carbonyl (C=O) groups is 1. The van der Waals surface area contributed by atoms with Crippen molar-refractivity contribution >= 4 is 5.91 Å². The molecule has 0 bridgehead atoms. The highest BCUT2D eigenvalue weighted by Gasteiger charge is 2.50. The molecule has 2 heterocycles. The molecule has 0 radical (unpaired) electrons. The molecule has 154 valence electrons. The van der Waals surface area contributed by atoms with Crippen molar-refractivity contribution in [2.24, 2.45) is 5.92 Å². The molecule has 1 amide bonds. The van der Waals surface area contributed by atoms with Gasteiger partial charge in [0.2, 0.25) is 5.91 Å². The predicted octanol–water partition coefficient (Wildman–Crippen LogP) is 3.98. The van der Waals surface area contributed by atoms with Crippen LogP contribution in [0.4, 0.5) is 0 Å². The van der Waals surface area contributed by atoms with E-state index in [9.17, 15) is 4.79 Å². The molecule has 28 heavy (non-hydrogen) atoms. The van der Waals surface area contributed by atoms with E-state index in [-0.39, 0.29) is 11.4 Å². The zero-order chi connectivity index (χ0) is 19.6. The molecule has 3 fully saturated rings. The molecule has 1 saturated carbocycles. The number of carbonyl (C=O) groups excluding carboxylic acids is 1. The van der Waals surface area contributed by atoms with Gasteiger partial charge in [-0.2, -0.15) is 0 Å². The van der Waals surface area contributed by atoms with Gasteiger partial charge in [0.15, 0.2) is 0 Å². The summed E-state index contributed by atoms with van der Waals surface area (Å²) in [4.78, 5) is 18.0. The monoisotopic (exact) mass is 383 g/mol. The summed E-state index contributed by atoms with van der Waals surface area (Å²) in [7, 11) is 0. The average molecular weight is 384 g/mol. The average Bonchev–Trinajstić information content (AvgIpc) is 3.03. The highest BCUT2D eigenvalue weighted by molar-refractivity contribution is 5.88. The number of nitrogens with one attached hydrogen (secondary N) is 1. The number of piperidine rings is 1. The number of amides is 1. The Hall–Kier alpha value is -1.39. The van der Waals surface area contributed by atoms with Crippen molar-refractivity contribution in [1.82, 2.24) is 15.1 Å². The lowest BCUT2D eigenvalue weighted by Gasteiger charge is -2.48. The zero-order valence-corrected chi connectivity index (χ0v) is 17.7. The molecular formula is C24H37N3O. The third kappa shape index (κ3) is 3.86. The van der Waals surface area contributed by atoms with Crippen molar-refractivity contribution in [2.75, 3.05) is 26.3 Å². The summed E-state index contributed by atoms with van der Waals surface area (Å²) in [5.41, 5.74) is 1.26. The Bertz CT molecular complexity index is 651. The molecule has 1 aromatic rings. The molecular weight excluding hydrogens is 346 g/mol. The lowest BCUT2D eigenvalue weighted by Crippen LogP contribution is -2.58. The lowest BCUT2D eigenvalue weighted by molar-refractivity contribution is -0.129. The molecule has 1 aromatic carbocycles. The molecule has 4 nitrogen and oxygen atoms in total. The molecule has 3 aliphatic rings. The van der Waals surface area contributed by atoms with Gasteiger partial charge >= 0.3 is 0 Å². The van der Waals surface area contributed by atoms with E-state index < -0.39 is 0 Å². The van der Waals surface area contributed by atoms with Crippen LogP contribution in [-0.4, -0.2) is 53.6 Å². The molecule has 1 aliphatic carbocycles. The first kappa shape index (κ1) is 19.9. The molecule has 4 heteroatoms. The summed E-state index contributed by atoms with van der Waals surface area (Å²) >= 11 is 0. The summed E-state index contributed by atoms with van der Waals surface area (Å²) < 4.78 is 0. The van der Waals surface area contributed by atoms with Crippen molar-refractivity contribution < 1.29 is 4.79 Å². The van der Waals surface area contributed by atoms with E-state index in [0.717, 1.165) is 39.1 Å². The number of rotatable bonds is 5. The van der Waals surface area contributed by atoms with E-state index in [1.807, 2.05) is 0 Å². The van der Waals surface area contributed by atoms with Crippen LogP contribution in [0.2, 0.25) is 0 Å². The smallest absolute Gasteiger partial charge is 0.241 e. The minimum Gasteiger partial charge on any atom is -0.342 e. The maximum atomic E-state index is 12.8. The minimum atomic E-state index is -0.248. The minimum absolute atomic E-state index is 0.248. The summed E-state index contributed by atoms with van der Waals surface area (Å²) in [5, 5.41) is 3.15. The molecule has 0 aromatic heterocycles. The number of hydrogen-bond donors (Lipinski definition) is 1. The molecule has 2 unspecified atom stereocenters. The standard InChI is InChI=1S/C24H37N3O/c1-19(2)12-15-27-18-25-23(28)24(27)13-16-26(17-14-24)22-11-7-6-10-21(22)20-8-4-3-5-9-20/h3-5,8-9,19,21-22H,6-7,10-18H2,1-2H3,(H,25,28). The second kappa shape index (κ2) is 8.54. The normalized spacial score (nSPS) is 28.8. The molecule has 2 atom stereocenters. The number of nitrogens with zero attached hydrogens (tertiary/aromatic N) is 2. The lowest BCUT2D eigenvalue weighted by atomic mass is 9.77. The third-order valence-electron chi connectivity index (χ3n) is 7.49. The first-order valence-corrected chi connectivity index (χ1v) is 11.4. The fraction of sp³-hybridized carbons (Fsp3) is 0.708. The quantitative estimate of drug-likeness (QED) is 0.835. The highest BCUT2D eigenvalue weighted by Crippen LogP contribution is 2.40. The van der Waals surface area contributed by atoms with Crippen LogP contribution < -0.4 is 5.32 Å². The molecule has 2 saturated heterocycles. The van der Waals surface area contributed by atoms with Crippen molar-refractivity contribution in [2.45, 2.75) is 76.3 Å². The van der Waals surface area contributed by atoms with Crippen molar-refractivity contribution in [1.29, 1.82) is 0 Å². The van der Waals surface area contributed by atoms with Crippen molar-refractivity contribution in [3.63, 3.8) is 0 Å². The fourth-order valence-corrected chi connectivity index (χ4v) is 5.74. The van der Waals surface area contributed by atoms with Gasteiger partial charge in [0.25, 0.3) is 0 Å². The van der Waals surface area contributed by atoms with Gasteiger partial charge in [-0.25, -0.2) is 0 Å². The Morgan fingerprint density at radius 2 is 1.82 bits per heavy atom. The Labute approximate surface area is 170 Å². The second-order valence-electron chi connectivity index (χ2n) is 9.55. The summed E-state index contributed by atoms with van der Waals surface area (Å²) in [6.45, 7) is 8.42. The van der Waals surface area contributed by atoms with E-state index >= 15 is 0 Å². The molecule has 1 spiro atoms. The maximum Gasteiger partial charge on any atom is 0.241 e. The van der Waals surface area contributed by atoms with Crippen molar-refractivity contribution in [3.8, 4) is 0 Å². The van der Waals surface area contributed by atoms with E-state index in [0.29, 0.717) is 17.9 Å². The van der Waals surface area contributed by atoms with Crippen LogP contribution >= 0.6 is 0 Å². The fourth-order valence-electron chi connectivity index (χ4n) is 5.74. The Kier molecular flexibility index (Phi) is 6.07. The van der Waals surface area contributed by atoms with Crippen molar-refractivity contribution in [3.05, 3.63) is 35.9 Å². The number of likely N-dealkylation sites (tertiary alicyclic amines) is 1. The largest absolute Gasteiger partial charge is 0.342 e. The van der Waals surface area contributed by atoms with Crippen LogP contribution in [0.3, 0.4) is 0 Å². The molecule has 1 N–H and O–H groups in total. The SMILES string of the molecule is CC(C)CCN1CNC(=O)C12CCN(C1CCCCC1c1ccccc1)CC2. The molecule has 2 aliphatic heterocycles. The van der Waals surface area contributed by atoms with E-state index in [1.54, 1.807) is 0 Å². The van der Waals surface area contributed by atoms with Gasteiger partial charge in [-0.05, 0) is 49.5 Å². The van der Waals surface area contributed by atoms with Gasteiger partial charge in [0.1, 0.15) is 5.54 Å². The second-order valence-corrected chi connectivity index (χ2v) is 9.55. The van der Waals surface area contributed by atoms with Gasteiger partial charge in [0, 0.05) is 25.7 Å². The third-order valence-corrected chi connectivity index (χ3v) is 7.49. The molecule has 4 rings (SSSR count). The van der Waals surface area contributed by atoms with Crippen LogP contribution in [0.15, 0.2) is 30.3 Å². The van der Waals surface area contributed by atoms with Crippen LogP contribution in [0.5, 0.6) is 0 Å². The zero-order valence-electron chi connectivity index (χ0n) is 17.7. The van der Waals surface area contributed by atoms with E-state index in [2.05, 4.69) is 59.3 Å². The van der Waals surface area contributed by atoms with Gasteiger partial charge in [-0.1, -0.05) is 57.0 Å². The van der Waals surface area contributed by atoms with Crippen LogP contribution in [0.1, 0.15) is 70.3 Å². The summed E-state index contributed by atoms with van der Waals surface area (Å²) in [5.74, 6) is 1.61. The first-order chi connectivity index (χ1) is 13.6. The Morgan fingerprint density at radius 3 is 2.54 bits per heavy atom. The van der Waals surface area contributed by atoms with Gasteiger partial charge in [-0.3, -0.25) is 14.6 Å². The number of hydrogen-bond acceptors (Lipinski definition) is 3. The Balaban J connectivity index is 1.44. The van der Waals surface area contributed by atoms with Crippen LogP contribution in [-0.2, 0) is 4.79 Å². The summed E-state index contributed by atoms with van der Waals surface area (Å²) in [6, 6.07) is 11.8. The van der Waals surface area contributed by atoms with E-state index in [4.69, 9.17) is 0 Å². The summed E-state index contributed by atoms with van der Waals surface area (Å²) in [6.07, 6.45) is 8.42. The van der Waals surface area contributed by atoms with E-state index in [1.165, 1.54) is 37.7 Å². The predicted molar refractivity (Wildman–Crippen MR) is 114 cm³/mol. The maximum absolute atomic E-state index is 12.8. The van der Waals surface area contributed by atoms with Gasteiger partial charge in [0.05, 0.1) is 6.67 Å². The van der Waals surface area contributed by atoms with Gasteiger partial charge < -0.3 is 5.32 Å². The van der Waals surface area contributed by atoms with Gasteiger partial charge in [-0.15, -0.1) is 0 Å². The number of benzene rings is 1. The van der Waals surface area contributed by atoms with Crippen LogP contribution in [0, 0.1) is 5.92 Å². The topological polar surface area (TPSA) is 35.6 Å². The Morgan fingerprint density at radius 1 is 1.11 bits per heavy atom. The highest BCUT2D eigenvalue weighted by atomic mass is 16.2. The first-order valence-electron chi connectivity index (χ1n) is 11.4. The van der Waals surface area contributed by atoms with Crippen LogP contribution in [0.25, 0.3) is 0 Å².